The van der Waals surface area contributed by atoms with Crippen molar-refractivity contribution in [1.82, 2.24) is 19.7 Å². The number of hydrogen-bond acceptors (Lipinski definition) is 7. The van der Waals surface area contributed by atoms with Crippen molar-refractivity contribution in [3.05, 3.63) is 47.7 Å². The minimum atomic E-state index is -0.458. The van der Waals surface area contributed by atoms with Crippen LogP contribution in [0.1, 0.15) is 29.8 Å². The van der Waals surface area contributed by atoms with E-state index >= 15 is 0 Å². The van der Waals surface area contributed by atoms with Crippen LogP contribution in [0.3, 0.4) is 0 Å². The molecule has 3 amide bonds. The van der Waals surface area contributed by atoms with Gasteiger partial charge in [0.05, 0.1) is 32.8 Å². The number of fused-ring (bicyclic) bond motifs is 1. The van der Waals surface area contributed by atoms with Gasteiger partial charge in [-0.15, -0.1) is 0 Å². The fourth-order valence-electron chi connectivity index (χ4n) is 3.93. The molecule has 0 fully saturated rings. The fourth-order valence-corrected chi connectivity index (χ4v) is 3.93. The molecule has 10 heteroatoms. The van der Waals surface area contributed by atoms with Gasteiger partial charge in [0.25, 0.3) is 5.91 Å². The second-order valence-corrected chi connectivity index (χ2v) is 9.78. The normalized spacial score (nSPS) is 17.8. The Bertz CT molecular complexity index is 1170. The summed E-state index contributed by atoms with van der Waals surface area (Å²) in [5.41, 5.74) is 1.52. The Morgan fingerprint density at radius 1 is 1.32 bits per heavy atom. The lowest BCUT2D eigenvalue weighted by molar-refractivity contribution is 0.0356. The number of nitrogens with zero attached hydrogens (tertiary/aromatic N) is 4. The number of aliphatic hydroxyl groups is 1. The van der Waals surface area contributed by atoms with E-state index in [1.165, 1.54) is 4.90 Å². The Morgan fingerprint density at radius 2 is 2.03 bits per heavy atom. The lowest BCUT2D eigenvalue weighted by atomic mass is 10.00. The predicted molar refractivity (Wildman–Crippen MR) is 145 cm³/mol. The molecule has 1 aromatic heterocycles. The number of urea groups is 1. The third kappa shape index (κ3) is 7.37. The van der Waals surface area contributed by atoms with Crippen LogP contribution in [-0.4, -0.2) is 103 Å². The Labute approximate surface area is 224 Å². The van der Waals surface area contributed by atoms with Crippen molar-refractivity contribution in [3.63, 3.8) is 0 Å². The molecule has 38 heavy (non-hydrogen) atoms. The standard InChI is InChI=1S/C28H37N5O5/c1-19-16-33(20(2)18-34)27(35)24-14-21(8-7-13-31(3)4)15-29-26(24)38-25(19)17-32(5)28(36)30-22-9-11-23(37-6)12-10-22/h9-12,14-15,19-20,25,34H,13,16-18H2,1-6H3,(H,30,36)/t19-,20-,25-/m0/s1. The van der Waals surface area contributed by atoms with Gasteiger partial charge in [-0.05, 0) is 51.4 Å². The summed E-state index contributed by atoms with van der Waals surface area (Å²) in [7, 11) is 7.12. The summed E-state index contributed by atoms with van der Waals surface area (Å²) < 4.78 is 11.4. The smallest absolute Gasteiger partial charge is 0.321 e. The molecule has 0 unspecified atom stereocenters. The molecule has 0 spiro atoms. The van der Waals surface area contributed by atoms with Gasteiger partial charge < -0.3 is 29.7 Å². The average molecular weight is 524 g/mol. The minimum Gasteiger partial charge on any atom is -0.497 e. The number of carbonyl (C=O) groups excluding carboxylic acids is 2. The van der Waals surface area contributed by atoms with Gasteiger partial charge in [-0.1, -0.05) is 18.8 Å². The summed E-state index contributed by atoms with van der Waals surface area (Å²) in [4.78, 5) is 36.0. The second kappa shape index (κ2) is 13.1. The first-order valence-corrected chi connectivity index (χ1v) is 12.5. The zero-order valence-electron chi connectivity index (χ0n) is 22.9. The first kappa shape index (κ1) is 28.8. The molecule has 0 radical (unpaired) electrons. The number of anilines is 1. The van der Waals surface area contributed by atoms with E-state index in [0.717, 1.165) is 0 Å². The number of pyridine rings is 1. The molecule has 0 saturated heterocycles. The Morgan fingerprint density at radius 3 is 2.66 bits per heavy atom. The molecule has 2 heterocycles. The predicted octanol–water partition coefficient (Wildman–Crippen LogP) is 2.39. The first-order valence-electron chi connectivity index (χ1n) is 12.5. The lowest BCUT2D eigenvalue weighted by Crippen LogP contribution is -2.50. The van der Waals surface area contributed by atoms with Crippen LogP contribution in [-0.2, 0) is 0 Å². The zero-order chi connectivity index (χ0) is 27.8. The number of rotatable bonds is 7. The highest BCUT2D eigenvalue weighted by molar-refractivity contribution is 5.97. The number of benzene rings is 1. The summed E-state index contributed by atoms with van der Waals surface area (Å²) in [6.45, 7) is 4.74. The number of hydrogen-bond donors (Lipinski definition) is 2. The van der Waals surface area contributed by atoms with Crippen molar-refractivity contribution in [1.29, 1.82) is 0 Å². The Hall–Kier alpha value is -3.81. The number of nitrogens with one attached hydrogen (secondary N) is 1. The number of aromatic nitrogens is 1. The van der Waals surface area contributed by atoms with Crippen LogP contribution < -0.4 is 14.8 Å². The van der Waals surface area contributed by atoms with E-state index < -0.39 is 12.1 Å². The van der Waals surface area contributed by atoms with Gasteiger partial charge in [0.2, 0.25) is 5.88 Å². The molecule has 1 aromatic carbocycles. The second-order valence-electron chi connectivity index (χ2n) is 9.78. The average Bonchev–Trinajstić information content (AvgIpc) is 2.90. The quantitative estimate of drug-likeness (QED) is 0.537. The van der Waals surface area contributed by atoms with Crippen molar-refractivity contribution >= 4 is 17.6 Å². The first-order chi connectivity index (χ1) is 18.1. The van der Waals surface area contributed by atoms with Crippen LogP contribution in [0.5, 0.6) is 11.6 Å². The molecular formula is C28H37N5O5. The number of methoxy groups -OCH3 is 1. The van der Waals surface area contributed by atoms with E-state index in [-0.39, 0.29) is 42.5 Å². The van der Waals surface area contributed by atoms with E-state index in [2.05, 4.69) is 22.1 Å². The van der Waals surface area contributed by atoms with E-state index in [0.29, 0.717) is 30.1 Å². The zero-order valence-corrected chi connectivity index (χ0v) is 22.9. The number of likely N-dealkylation sites (N-methyl/N-ethyl adjacent to an activating group) is 1. The van der Waals surface area contributed by atoms with E-state index in [1.54, 1.807) is 62.5 Å². The SMILES string of the molecule is COc1ccc(NC(=O)N(C)C[C@@H]2Oc3ncc(C#CCN(C)C)cc3C(=O)N([C@@H](C)CO)C[C@@H]2C)cc1. The third-order valence-corrected chi connectivity index (χ3v) is 6.29. The van der Waals surface area contributed by atoms with E-state index in [9.17, 15) is 14.7 Å². The van der Waals surface area contributed by atoms with Crippen LogP contribution in [0, 0.1) is 17.8 Å². The van der Waals surface area contributed by atoms with Crippen LogP contribution in [0.4, 0.5) is 10.5 Å². The Kier molecular flexibility index (Phi) is 9.93. The van der Waals surface area contributed by atoms with Crippen molar-refractivity contribution in [2.45, 2.75) is 26.0 Å². The maximum absolute atomic E-state index is 13.5. The van der Waals surface area contributed by atoms with Gasteiger partial charge in [0.1, 0.15) is 17.4 Å². The van der Waals surface area contributed by atoms with Crippen LogP contribution in [0.15, 0.2) is 36.5 Å². The van der Waals surface area contributed by atoms with Gasteiger partial charge in [0, 0.05) is 37.0 Å². The van der Waals surface area contributed by atoms with Crippen molar-refractivity contribution in [2.24, 2.45) is 5.92 Å². The van der Waals surface area contributed by atoms with Gasteiger partial charge in [-0.3, -0.25) is 9.69 Å². The van der Waals surface area contributed by atoms with E-state index in [1.807, 2.05) is 25.9 Å². The minimum absolute atomic E-state index is 0.154. The number of carbonyl (C=O) groups is 2. The van der Waals surface area contributed by atoms with Gasteiger partial charge in [-0.25, -0.2) is 9.78 Å². The molecule has 2 aromatic rings. The molecule has 10 nitrogen and oxygen atoms in total. The molecule has 0 bridgehead atoms. The number of amides is 3. The molecule has 0 saturated carbocycles. The molecule has 204 valence electrons. The molecular weight excluding hydrogens is 486 g/mol. The monoisotopic (exact) mass is 523 g/mol. The topological polar surface area (TPSA) is 107 Å². The van der Waals surface area contributed by atoms with Gasteiger partial charge in [0.15, 0.2) is 0 Å². The molecule has 1 aliphatic heterocycles. The summed E-state index contributed by atoms with van der Waals surface area (Å²) >= 11 is 0. The number of ether oxygens (including phenoxy) is 2. The summed E-state index contributed by atoms with van der Waals surface area (Å²) in [5.74, 6) is 6.54. The molecule has 2 N–H and O–H groups in total. The maximum Gasteiger partial charge on any atom is 0.321 e. The lowest BCUT2D eigenvalue weighted by Gasteiger charge is -2.37. The van der Waals surface area contributed by atoms with Crippen LogP contribution in [0.2, 0.25) is 0 Å². The highest BCUT2D eigenvalue weighted by atomic mass is 16.5. The van der Waals surface area contributed by atoms with Crippen LogP contribution in [0.25, 0.3) is 0 Å². The van der Waals surface area contributed by atoms with Gasteiger partial charge >= 0.3 is 6.03 Å². The molecule has 1 aliphatic rings. The largest absolute Gasteiger partial charge is 0.497 e. The van der Waals surface area contributed by atoms with Gasteiger partial charge in [-0.2, -0.15) is 0 Å². The van der Waals surface area contributed by atoms with Crippen molar-refractivity contribution in [3.8, 4) is 23.5 Å². The third-order valence-electron chi connectivity index (χ3n) is 6.29. The molecule has 3 atom stereocenters. The highest BCUT2D eigenvalue weighted by Gasteiger charge is 2.34. The Balaban J connectivity index is 1.84. The fraction of sp³-hybridized carbons (Fsp3) is 0.464. The van der Waals surface area contributed by atoms with E-state index in [4.69, 9.17) is 9.47 Å². The highest BCUT2D eigenvalue weighted by Crippen LogP contribution is 2.27. The molecule has 0 aliphatic carbocycles. The summed E-state index contributed by atoms with van der Waals surface area (Å²) in [6.07, 6.45) is 1.12. The summed E-state index contributed by atoms with van der Waals surface area (Å²) in [5, 5.41) is 12.7. The molecule has 3 rings (SSSR count). The van der Waals surface area contributed by atoms with Crippen molar-refractivity contribution in [2.75, 3.05) is 59.8 Å². The number of aliphatic hydroxyl groups excluding tert-OH is 1. The van der Waals surface area contributed by atoms with Crippen molar-refractivity contribution < 1.29 is 24.2 Å². The maximum atomic E-state index is 13.5. The van der Waals surface area contributed by atoms with Crippen LogP contribution >= 0.6 is 0 Å². The summed E-state index contributed by atoms with van der Waals surface area (Å²) in [6, 6.07) is 8.03.